The van der Waals surface area contributed by atoms with E-state index in [0.29, 0.717) is 24.0 Å². The molecule has 3 heterocycles. The summed E-state index contributed by atoms with van der Waals surface area (Å²) < 4.78 is 5.52. The highest BCUT2D eigenvalue weighted by Gasteiger charge is 2.16. The van der Waals surface area contributed by atoms with Crippen molar-refractivity contribution in [3.63, 3.8) is 0 Å². The summed E-state index contributed by atoms with van der Waals surface area (Å²) in [4.78, 5) is 34.7. The summed E-state index contributed by atoms with van der Waals surface area (Å²) in [6, 6.07) is 11.5. The van der Waals surface area contributed by atoms with Crippen LogP contribution in [0.5, 0.6) is 5.75 Å². The van der Waals surface area contributed by atoms with E-state index in [1.165, 1.54) is 18.3 Å². The van der Waals surface area contributed by atoms with Crippen molar-refractivity contribution >= 4 is 50.5 Å². The first-order valence-electron chi connectivity index (χ1n) is 9.81. The Bertz CT molecular complexity index is 1250. The molecule has 0 atom stereocenters. The van der Waals surface area contributed by atoms with Gasteiger partial charge in [0.05, 0.1) is 23.7 Å². The van der Waals surface area contributed by atoms with E-state index in [1.807, 2.05) is 50.2 Å². The zero-order chi connectivity index (χ0) is 22.0. The van der Waals surface area contributed by atoms with Gasteiger partial charge in [0.25, 0.3) is 5.91 Å². The van der Waals surface area contributed by atoms with E-state index in [9.17, 15) is 9.59 Å². The molecule has 1 aromatic carbocycles. The molecule has 7 nitrogen and oxygen atoms in total. The van der Waals surface area contributed by atoms with Gasteiger partial charge in [-0.05, 0) is 44.2 Å². The minimum absolute atomic E-state index is 0.0594. The quantitative estimate of drug-likeness (QED) is 0.368. The van der Waals surface area contributed by atoms with Crippen LogP contribution in [0.1, 0.15) is 34.1 Å². The lowest BCUT2D eigenvalue weighted by Gasteiger charge is -2.01. The number of rotatable bonds is 7. The Balaban J connectivity index is 1.49. The lowest BCUT2D eigenvalue weighted by molar-refractivity contribution is -0.119. The first kappa shape index (κ1) is 21.1. The number of thiophene rings is 1. The fourth-order valence-corrected chi connectivity index (χ4v) is 5.02. The van der Waals surface area contributed by atoms with E-state index >= 15 is 0 Å². The zero-order valence-corrected chi connectivity index (χ0v) is 19.0. The molecule has 0 aliphatic rings. The van der Waals surface area contributed by atoms with E-state index in [-0.39, 0.29) is 11.8 Å². The molecule has 0 spiro atoms. The molecule has 9 heteroatoms. The van der Waals surface area contributed by atoms with E-state index in [0.717, 1.165) is 37.0 Å². The Hall–Kier alpha value is -3.17. The smallest absolute Gasteiger partial charge is 0.273 e. The molecule has 0 bridgehead atoms. The summed E-state index contributed by atoms with van der Waals surface area (Å²) >= 11 is 3.01. The van der Waals surface area contributed by atoms with Crippen molar-refractivity contribution in [2.75, 3.05) is 11.9 Å². The topological polar surface area (TPSA) is 96.1 Å². The monoisotopic (exact) mass is 454 g/mol. The van der Waals surface area contributed by atoms with Gasteiger partial charge in [0, 0.05) is 33.6 Å². The van der Waals surface area contributed by atoms with Crippen molar-refractivity contribution < 1.29 is 14.3 Å². The molecule has 0 radical (unpaired) electrons. The summed E-state index contributed by atoms with van der Waals surface area (Å²) in [5.74, 6) is 0.459. The standard InChI is InChI=1S/C22H22N4O3S2/c1-4-29-15-6-5-14-9-18(24-17(14)10-15)21(28)26-22-25-20(12(2)30-22)19-8-7-16(31-19)11-23-13(3)27/h5-10,24H,4,11H2,1-3H3,(H,23,27)(H,25,26,28). The maximum absolute atomic E-state index is 12.8. The van der Waals surface area contributed by atoms with Gasteiger partial charge < -0.3 is 15.0 Å². The Kier molecular flexibility index (Phi) is 6.06. The number of H-pyrrole nitrogens is 1. The lowest BCUT2D eigenvalue weighted by Crippen LogP contribution is -2.17. The number of hydrogen-bond donors (Lipinski definition) is 3. The van der Waals surface area contributed by atoms with Crippen LogP contribution in [0.4, 0.5) is 5.13 Å². The molecule has 31 heavy (non-hydrogen) atoms. The second-order valence-electron chi connectivity index (χ2n) is 6.92. The normalized spacial score (nSPS) is 10.9. The van der Waals surface area contributed by atoms with Crippen LogP contribution in [-0.2, 0) is 11.3 Å². The largest absolute Gasteiger partial charge is 0.494 e. The number of nitrogens with zero attached hydrogens (tertiary/aromatic N) is 1. The molecule has 0 saturated heterocycles. The summed E-state index contributed by atoms with van der Waals surface area (Å²) in [6.45, 7) is 6.50. The highest BCUT2D eigenvalue weighted by molar-refractivity contribution is 7.18. The van der Waals surface area contributed by atoms with E-state index in [2.05, 4.69) is 20.6 Å². The first-order valence-corrected chi connectivity index (χ1v) is 11.4. The number of amides is 2. The Morgan fingerprint density at radius 3 is 2.77 bits per heavy atom. The van der Waals surface area contributed by atoms with Gasteiger partial charge >= 0.3 is 0 Å². The van der Waals surface area contributed by atoms with Crippen LogP contribution in [0.15, 0.2) is 36.4 Å². The van der Waals surface area contributed by atoms with Crippen LogP contribution in [0.2, 0.25) is 0 Å². The molecule has 160 valence electrons. The Labute approximate surface area is 187 Å². The fraction of sp³-hybridized carbons (Fsp3) is 0.227. The maximum atomic E-state index is 12.8. The Morgan fingerprint density at radius 2 is 2.00 bits per heavy atom. The van der Waals surface area contributed by atoms with Gasteiger partial charge in [0.2, 0.25) is 5.91 Å². The second-order valence-corrected chi connectivity index (χ2v) is 9.29. The third-order valence-corrected chi connectivity index (χ3v) is 6.55. The van der Waals surface area contributed by atoms with Gasteiger partial charge in [0.15, 0.2) is 5.13 Å². The number of nitrogens with one attached hydrogen (secondary N) is 3. The van der Waals surface area contributed by atoms with Gasteiger partial charge in [-0.15, -0.1) is 22.7 Å². The number of carbonyl (C=O) groups is 2. The lowest BCUT2D eigenvalue weighted by atomic mass is 10.2. The highest BCUT2D eigenvalue weighted by atomic mass is 32.1. The number of hydrogen-bond acceptors (Lipinski definition) is 6. The number of aromatic nitrogens is 2. The number of carbonyl (C=O) groups excluding carboxylic acids is 2. The molecule has 0 saturated carbocycles. The van der Waals surface area contributed by atoms with Crippen LogP contribution in [-0.4, -0.2) is 28.4 Å². The minimum atomic E-state index is -0.244. The van der Waals surface area contributed by atoms with Crippen LogP contribution in [0.25, 0.3) is 21.5 Å². The predicted molar refractivity (Wildman–Crippen MR) is 125 cm³/mol. The predicted octanol–water partition coefficient (Wildman–Crippen LogP) is 4.95. The Morgan fingerprint density at radius 1 is 1.16 bits per heavy atom. The molecule has 0 unspecified atom stereocenters. The molecule has 4 aromatic rings. The molecule has 0 aliphatic heterocycles. The van der Waals surface area contributed by atoms with Crippen molar-refractivity contribution in [2.45, 2.75) is 27.3 Å². The molecular formula is C22H22N4O3S2. The van der Waals surface area contributed by atoms with Gasteiger partial charge in [-0.2, -0.15) is 0 Å². The van der Waals surface area contributed by atoms with Crippen molar-refractivity contribution in [1.29, 1.82) is 0 Å². The molecule has 0 fully saturated rings. The van der Waals surface area contributed by atoms with Crippen molar-refractivity contribution in [3.05, 3.63) is 51.8 Å². The first-order chi connectivity index (χ1) is 14.9. The molecule has 0 aliphatic carbocycles. The van der Waals surface area contributed by atoms with Crippen molar-refractivity contribution in [2.24, 2.45) is 0 Å². The van der Waals surface area contributed by atoms with E-state index < -0.39 is 0 Å². The molecule has 3 aromatic heterocycles. The molecule has 2 amide bonds. The zero-order valence-electron chi connectivity index (χ0n) is 17.4. The number of fused-ring (bicyclic) bond motifs is 1. The number of aryl methyl sites for hydroxylation is 1. The second kappa shape index (κ2) is 8.91. The maximum Gasteiger partial charge on any atom is 0.273 e. The van der Waals surface area contributed by atoms with Gasteiger partial charge in [-0.1, -0.05) is 0 Å². The van der Waals surface area contributed by atoms with Crippen LogP contribution < -0.4 is 15.4 Å². The van der Waals surface area contributed by atoms with Gasteiger partial charge in [0.1, 0.15) is 11.4 Å². The van der Waals surface area contributed by atoms with Gasteiger partial charge in [-0.3, -0.25) is 14.9 Å². The highest BCUT2D eigenvalue weighted by Crippen LogP contribution is 2.35. The van der Waals surface area contributed by atoms with E-state index in [4.69, 9.17) is 4.74 Å². The van der Waals surface area contributed by atoms with Crippen LogP contribution in [0, 0.1) is 6.92 Å². The molecule has 4 rings (SSSR count). The fourth-order valence-electron chi connectivity index (χ4n) is 3.14. The summed E-state index contributed by atoms with van der Waals surface area (Å²) in [6.07, 6.45) is 0. The number of benzene rings is 1. The number of anilines is 1. The average molecular weight is 455 g/mol. The molecule has 3 N–H and O–H groups in total. The number of aromatic amines is 1. The van der Waals surface area contributed by atoms with E-state index in [1.54, 1.807) is 11.3 Å². The summed E-state index contributed by atoms with van der Waals surface area (Å²) in [5, 5.41) is 7.17. The van der Waals surface area contributed by atoms with Crippen molar-refractivity contribution in [3.8, 4) is 16.3 Å². The SMILES string of the molecule is CCOc1ccc2cc(C(=O)Nc3nc(-c4ccc(CNC(C)=O)s4)c(C)s3)[nH]c2c1. The summed E-state index contributed by atoms with van der Waals surface area (Å²) in [7, 11) is 0. The third kappa shape index (κ3) is 4.78. The minimum Gasteiger partial charge on any atom is -0.494 e. The average Bonchev–Trinajstić information content (AvgIpc) is 3.44. The van der Waals surface area contributed by atoms with Crippen molar-refractivity contribution in [1.82, 2.24) is 15.3 Å². The number of thiazole rings is 1. The summed E-state index contributed by atoms with van der Waals surface area (Å²) in [5.41, 5.74) is 2.15. The third-order valence-electron chi connectivity index (χ3n) is 4.57. The van der Waals surface area contributed by atoms with Gasteiger partial charge in [-0.25, -0.2) is 4.98 Å². The van der Waals surface area contributed by atoms with Crippen LogP contribution in [0.3, 0.4) is 0 Å². The van der Waals surface area contributed by atoms with Crippen LogP contribution >= 0.6 is 22.7 Å². The number of ether oxygens (including phenoxy) is 1. The molecular weight excluding hydrogens is 432 g/mol.